The van der Waals surface area contributed by atoms with Crippen molar-refractivity contribution in [3.8, 4) is 17.1 Å². The molecule has 3 nitrogen and oxygen atoms in total. The number of hydrogen-bond acceptors (Lipinski definition) is 3. The Hall–Kier alpha value is -1.71. The van der Waals surface area contributed by atoms with Crippen molar-refractivity contribution in [3.05, 3.63) is 52.8 Å². The number of ether oxygens (including phenoxy) is 1. The highest BCUT2D eigenvalue weighted by Gasteiger charge is 2.08. The van der Waals surface area contributed by atoms with Gasteiger partial charge in [-0.15, -0.1) is 0 Å². The van der Waals surface area contributed by atoms with Gasteiger partial charge < -0.3 is 14.5 Å². The van der Waals surface area contributed by atoms with Gasteiger partial charge in [0.1, 0.15) is 17.3 Å². The van der Waals surface area contributed by atoms with Gasteiger partial charge in [-0.2, -0.15) is 0 Å². The SMILES string of the molecule is COc1ccc(-c2ccc(CNCCC3=CCCCC3)o2)cc1Cl. The summed E-state index contributed by atoms with van der Waals surface area (Å²) in [6, 6.07) is 9.68. The fourth-order valence-corrected chi connectivity index (χ4v) is 3.30. The smallest absolute Gasteiger partial charge is 0.137 e. The highest BCUT2D eigenvalue weighted by molar-refractivity contribution is 6.32. The molecular weight excluding hydrogens is 322 g/mol. The summed E-state index contributed by atoms with van der Waals surface area (Å²) in [6.07, 6.45) is 8.76. The van der Waals surface area contributed by atoms with Gasteiger partial charge in [0, 0.05) is 5.56 Å². The van der Waals surface area contributed by atoms with Crippen LogP contribution >= 0.6 is 11.6 Å². The van der Waals surface area contributed by atoms with Crippen LogP contribution in [0.15, 0.2) is 46.4 Å². The minimum atomic E-state index is 0.590. The molecule has 0 amide bonds. The fraction of sp³-hybridized carbons (Fsp3) is 0.400. The molecule has 128 valence electrons. The standard InChI is InChI=1S/C20H24ClNO2/c1-23-20-9-7-16(13-18(20)21)19-10-8-17(24-19)14-22-12-11-15-5-3-2-4-6-15/h5,7-10,13,22H,2-4,6,11-12,14H2,1H3. The normalized spacial score (nSPS) is 14.5. The highest BCUT2D eigenvalue weighted by atomic mass is 35.5. The Balaban J connectivity index is 1.52. The van der Waals surface area contributed by atoms with Gasteiger partial charge in [-0.05, 0) is 69.0 Å². The van der Waals surface area contributed by atoms with Gasteiger partial charge in [-0.25, -0.2) is 0 Å². The number of allylic oxidation sites excluding steroid dienone is 1. The Bertz CT molecular complexity index is 705. The number of methoxy groups -OCH3 is 1. The lowest BCUT2D eigenvalue weighted by Gasteiger charge is -2.12. The lowest BCUT2D eigenvalue weighted by Crippen LogP contribution is -2.15. The summed E-state index contributed by atoms with van der Waals surface area (Å²) in [4.78, 5) is 0. The van der Waals surface area contributed by atoms with E-state index in [-0.39, 0.29) is 0 Å². The monoisotopic (exact) mass is 345 g/mol. The third-order valence-electron chi connectivity index (χ3n) is 4.41. The molecule has 24 heavy (non-hydrogen) atoms. The summed E-state index contributed by atoms with van der Waals surface area (Å²) in [5.74, 6) is 2.44. The Kier molecular flexibility index (Phi) is 6.00. The topological polar surface area (TPSA) is 34.4 Å². The second-order valence-corrected chi connectivity index (χ2v) is 6.56. The van der Waals surface area contributed by atoms with Crippen LogP contribution in [0.5, 0.6) is 5.75 Å². The van der Waals surface area contributed by atoms with Crippen LogP contribution in [0.4, 0.5) is 0 Å². The van der Waals surface area contributed by atoms with Crippen LogP contribution in [-0.2, 0) is 6.54 Å². The zero-order valence-electron chi connectivity index (χ0n) is 14.1. The van der Waals surface area contributed by atoms with Crippen LogP contribution in [0.1, 0.15) is 37.9 Å². The number of benzene rings is 1. The maximum absolute atomic E-state index is 6.18. The molecule has 1 aliphatic rings. The predicted octanol–water partition coefficient (Wildman–Crippen LogP) is 5.59. The van der Waals surface area contributed by atoms with E-state index >= 15 is 0 Å². The van der Waals surface area contributed by atoms with E-state index in [4.69, 9.17) is 20.8 Å². The van der Waals surface area contributed by atoms with Crippen molar-refractivity contribution in [2.45, 2.75) is 38.6 Å². The number of halogens is 1. The molecular formula is C20H24ClNO2. The van der Waals surface area contributed by atoms with E-state index in [0.717, 1.165) is 36.6 Å². The van der Waals surface area contributed by atoms with E-state index in [1.807, 2.05) is 30.3 Å². The molecule has 0 unspecified atom stereocenters. The molecule has 0 saturated carbocycles. The van der Waals surface area contributed by atoms with Crippen molar-refractivity contribution in [2.75, 3.05) is 13.7 Å². The van der Waals surface area contributed by atoms with Gasteiger partial charge in [-0.1, -0.05) is 23.3 Å². The maximum Gasteiger partial charge on any atom is 0.137 e. The third kappa shape index (κ3) is 4.43. The molecule has 3 rings (SSSR count). The van der Waals surface area contributed by atoms with E-state index in [0.29, 0.717) is 10.8 Å². The molecule has 1 N–H and O–H groups in total. The summed E-state index contributed by atoms with van der Waals surface area (Å²) in [5.41, 5.74) is 2.56. The minimum absolute atomic E-state index is 0.590. The van der Waals surface area contributed by atoms with Gasteiger partial charge in [0.05, 0.1) is 18.7 Å². The summed E-state index contributed by atoms with van der Waals surface area (Å²) in [6.45, 7) is 1.74. The van der Waals surface area contributed by atoms with Crippen LogP contribution in [0.3, 0.4) is 0 Å². The zero-order valence-corrected chi connectivity index (χ0v) is 14.9. The Labute approximate surface area is 148 Å². The quantitative estimate of drug-likeness (QED) is 0.524. The summed E-state index contributed by atoms with van der Waals surface area (Å²) >= 11 is 6.18. The minimum Gasteiger partial charge on any atom is -0.495 e. The van der Waals surface area contributed by atoms with E-state index < -0.39 is 0 Å². The Morgan fingerprint density at radius 1 is 1.21 bits per heavy atom. The first-order valence-electron chi connectivity index (χ1n) is 8.57. The zero-order chi connectivity index (χ0) is 16.8. The molecule has 0 aliphatic heterocycles. The third-order valence-corrected chi connectivity index (χ3v) is 4.70. The van der Waals surface area contributed by atoms with Crippen LogP contribution in [0.2, 0.25) is 5.02 Å². The van der Waals surface area contributed by atoms with Gasteiger partial charge in [0.25, 0.3) is 0 Å². The highest BCUT2D eigenvalue weighted by Crippen LogP contribution is 2.31. The van der Waals surface area contributed by atoms with Crippen molar-refractivity contribution in [1.29, 1.82) is 0 Å². The van der Waals surface area contributed by atoms with E-state index in [2.05, 4.69) is 11.4 Å². The Morgan fingerprint density at radius 3 is 2.88 bits per heavy atom. The van der Waals surface area contributed by atoms with Crippen LogP contribution in [0.25, 0.3) is 11.3 Å². The van der Waals surface area contributed by atoms with E-state index in [1.165, 1.54) is 25.7 Å². The lowest BCUT2D eigenvalue weighted by atomic mass is 9.97. The molecule has 0 saturated heterocycles. The predicted molar refractivity (Wildman–Crippen MR) is 98.6 cm³/mol. The van der Waals surface area contributed by atoms with E-state index in [1.54, 1.807) is 12.7 Å². The van der Waals surface area contributed by atoms with Crippen LogP contribution in [0, 0.1) is 0 Å². The first-order chi connectivity index (χ1) is 11.8. The number of hydrogen-bond donors (Lipinski definition) is 1. The first-order valence-corrected chi connectivity index (χ1v) is 8.95. The van der Waals surface area contributed by atoms with Crippen molar-refractivity contribution >= 4 is 11.6 Å². The fourth-order valence-electron chi connectivity index (χ4n) is 3.04. The summed E-state index contributed by atoms with van der Waals surface area (Å²) in [7, 11) is 1.61. The molecule has 0 spiro atoms. The molecule has 4 heteroatoms. The molecule has 1 aliphatic carbocycles. The molecule has 0 fully saturated rings. The second kappa shape index (κ2) is 8.41. The molecule has 1 heterocycles. The van der Waals surface area contributed by atoms with Gasteiger partial charge in [-0.3, -0.25) is 0 Å². The van der Waals surface area contributed by atoms with Crippen LogP contribution < -0.4 is 10.1 Å². The molecule has 0 radical (unpaired) electrons. The van der Waals surface area contributed by atoms with Gasteiger partial charge in [0.2, 0.25) is 0 Å². The average Bonchev–Trinajstić information content (AvgIpc) is 3.08. The molecule has 1 aromatic heterocycles. The van der Waals surface area contributed by atoms with E-state index in [9.17, 15) is 0 Å². The Morgan fingerprint density at radius 2 is 2.12 bits per heavy atom. The number of furan rings is 1. The molecule has 2 aromatic rings. The van der Waals surface area contributed by atoms with Crippen molar-refractivity contribution in [3.63, 3.8) is 0 Å². The van der Waals surface area contributed by atoms with Crippen molar-refractivity contribution < 1.29 is 9.15 Å². The largest absolute Gasteiger partial charge is 0.495 e. The molecule has 1 aromatic carbocycles. The van der Waals surface area contributed by atoms with Crippen LogP contribution in [-0.4, -0.2) is 13.7 Å². The molecule has 0 atom stereocenters. The van der Waals surface area contributed by atoms with Crippen molar-refractivity contribution in [2.24, 2.45) is 0 Å². The number of nitrogens with one attached hydrogen (secondary N) is 1. The van der Waals surface area contributed by atoms with Gasteiger partial charge in [0.15, 0.2) is 0 Å². The average molecular weight is 346 g/mol. The second-order valence-electron chi connectivity index (χ2n) is 6.15. The molecule has 0 bridgehead atoms. The van der Waals surface area contributed by atoms with Gasteiger partial charge >= 0.3 is 0 Å². The number of rotatable bonds is 7. The maximum atomic E-state index is 6.18. The lowest BCUT2D eigenvalue weighted by molar-refractivity contribution is 0.415. The summed E-state index contributed by atoms with van der Waals surface area (Å²) in [5, 5.41) is 4.05. The summed E-state index contributed by atoms with van der Waals surface area (Å²) < 4.78 is 11.1. The first kappa shape index (κ1) is 17.1. The van der Waals surface area contributed by atoms with Crippen molar-refractivity contribution in [1.82, 2.24) is 5.32 Å².